The number of hydrogen-bond donors (Lipinski definition) is 1. The SMILES string of the molecule is Cc1nc(NCC2CCCCN2C)ccc1Br. The third kappa shape index (κ3) is 3.42. The second-order valence-corrected chi connectivity index (χ2v) is 5.63. The maximum absolute atomic E-state index is 4.51. The number of piperidine rings is 1. The van der Waals surface area contributed by atoms with Crippen molar-refractivity contribution in [3.63, 3.8) is 0 Å². The number of rotatable bonds is 3. The first-order valence-electron chi connectivity index (χ1n) is 6.24. The minimum atomic E-state index is 0.648. The first kappa shape index (κ1) is 12.8. The van der Waals surface area contributed by atoms with Crippen LogP contribution in [0.3, 0.4) is 0 Å². The fourth-order valence-electron chi connectivity index (χ4n) is 2.27. The zero-order valence-electron chi connectivity index (χ0n) is 10.5. The van der Waals surface area contributed by atoms with Crippen LogP contribution < -0.4 is 5.32 Å². The van der Waals surface area contributed by atoms with Gasteiger partial charge in [-0.1, -0.05) is 6.42 Å². The van der Waals surface area contributed by atoms with Crippen LogP contribution in [-0.4, -0.2) is 36.1 Å². The Balaban J connectivity index is 1.90. The molecule has 1 aliphatic heterocycles. The van der Waals surface area contributed by atoms with Crippen LogP contribution in [-0.2, 0) is 0 Å². The summed E-state index contributed by atoms with van der Waals surface area (Å²) in [6, 6.07) is 4.73. The Bertz CT molecular complexity index is 381. The van der Waals surface area contributed by atoms with Gasteiger partial charge in [0.15, 0.2) is 0 Å². The average Bonchev–Trinajstić information content (AvgIpc) is 2.32. The molecular weight excluding hydrogens is 278 g/mol. The average molecular weight is 298 g/mol. The molecule has 2 heterocycles. The van der Waals surface area contributed by atoms with E-state index in [4.69, 9.17) is 0 Å². The summed E-state index contributed by atoms with van der Waals surface area (Å²) in [4.78, 5) is 6.95. The number of anilines is 1. The van der Waals surface area contributed by atoms with Gasteiger partial charge in [-0.3, -0.25) is 0 Å². The molecule has 0 amide bonds. The van der Waals surface area contributed by atoms with Crippen LogP contribution >= 0.6 is 15.9 Å². The number of likely N-dealkylation sites (N-methyl/N-ethyl adjacent to an activating group) is 1. The van der Waals surface area contributed by atoms with E-state index in [-0.39, 0.29) is 0 Å². The van der Waals surface area contributed by atoms with Gasteiger partial charge < -0.3 is 10.2 Å². The molecule has 4 heteroatoms. The quantitative estimate of drug-likeness (QED) is 0.929. The van der Waals surface area contributed by atoms with E-state index in [1.165, 1.54) is 25.8 Å². The van der Waals surface area contributed by atoms with Crippen molar-refractivity contribution in [3.05, 3.63) is 22.3 Å². The normalized spacial score (nSPS) is 21.5. The molecule has 17 heavy (non-hydrogen) atoms. The zero-order valence-corrected chi connectivity index (χ0v) is 12.1. The van der Waals surface area contributed by atoms with Crippen LogP contribution in [0.4, 0.5) is 5.82 Å². The minimum absolute atomic E-state index is 0.648. The van der Waals surface area contributed by atoms with E-state index in [2.05, 4.69) is 44.2 Å². The molecule has 1 N–H and O–H groups in total. The van der Waals surface area contributed by atoms with Crippen LogP contribution in [0.25, 0.3) is 0 Å². The number of nitrogens with one attached hydrogen (secondary N) is 1. The Morgan fingerprint density at radius 3 is 3.00 bits per heavy atom. The standard InChI is InChI=1S/C13H20BrN3/c1-10-12(14)6-7-13(16-10)15-9-11-5-3-4-8-17(11)2/h6-7,11H,3-5,8-9H2,1-2H3,(H,15,16). The Labute approximate surface area is 112 Å². The van der Waals surface area contributed by atoms with Crippen molar-refractivity contribution >= 4 is 21.7 Å². The third-order valence-electron chi connectivity index (χ3n) is 3.46. The highest BCUT2D eigenvalue weighted by Gasteiger charge is 2.18. The molecule has 1 aliphatic rings. The van der Waals surface area contributed by atoms with E-state index < -0.39 is 0 Å². The molecule has 1 unspecified atom stereocenters. The largest absolute Gasteiger partial charge is 0.368 e. The number of aromatic nitrogens is 1. The molecule has 1 atom stereocenters. The number of halogens is 1. The Morgan fingerprint density at radius 2 is 2.29 bits per heavy atom. The number of pyridine rings is 1. The smallest absolute Gasteiger partial charge is 0.126 e. The summed E-state index contributed by atoms with van der Waals surface area (Å²) >= 11 is 3.47. The second kappa shape index (κ2) is 5.83. The first-order chi connectivity index (χ1) is 8.16. The van der Waals surface area contributed by atoms with Crippen molar-refractivity contribution in [2.45, 2.75) is 32.2 Å². The van der Waals surface area contributed by atoms with E-state index in [0.29, 0.717) is 6.04 Å². The summed E-state index contributed by atoms with van der Waals surface area (Å²) in [6.07, 6.45) is 3.98. The van der Waals surface area contributed by atoms with E-state index >= 15 is 0 Å². The van der Waals surface area contributed by atoms with Crippen LogP contribution in [0.1, 0.15) is 25.0 Å². The molecule has 94 valence electrons. The number of likely N-dealkylation sites (tertiary alicyclic amines) is 1. The molecule has 0 radical (unpaired) electrons. The molecule has 1 aromatic heterocycles. The van der Waals surface area contributed by atoms with Crippen molar-refractivity contribution in [3.8, 4) is 0 Å². The maximum Gasteiger partial charge on any atom is 0.126 e. The number of nitrogens with zero attached hydrogens (tertiary/aromatic N) is 2. The lowest BCUT2D eigenvalue weighted by Crippen LogP contribution is -2.40. The fourth-order valence-corrected chi connectivity index (χ4v) is 2.49. The molecule has 2 rings (SSSR count). The van der Waals surface area contributed by atoms with Gasteiger partial charge in [0.05, 0.1) is 5.69 Å². The van der Waals surface area contributed by atoms with E-state index in [1.54, 1.807) is 0 Å². The van der Waals surface area contributed by atoms with Crippen molar-refractivity contribution in [2.75, 3.05) is 25.5 Å². The van der Waals surface area contributed by atoms with Gasteiger partial charge in [-0.05, 0) is 61.4 Å². The number of hydrogen-bond acceptors (Lipinski definition) is 3. The molecule has 0 saturated carbocycles. The third-order valence-corrected chi connectivity index (χ3v) is 4.30. The summed E-state index contributed by atoms with van der Waals surface area (Å²) in [5.41, 5.74) is 1.03. The fraction of sp³-hybridized carbons (Fsp3) is 0.615. The highest BCUT2D eigenvalue weighted by Crippen LogP contribution is 2.18. The van der Waals surface area contributed by atoms with Gasteiger partial charge in [-0.2, -0.15) is 0 Å². The molecule has 0 aromatic carbocycles. The summed E-state index contributed by atoms with van der Waals surface area (Å²) in [5, 5.41) is 3.44. The van der Waals surface area contributed by atoms with Gasteiger partial charge in [0.2, 0.25) is 0 Å². The Kier molecular flexibility index (Phi) is 4.40. The summed E-state index contributed by atoms with van der Waals surface area (Å²) in [7, 11) is 2.21. The Hall–Kier alpha value is -0.610. The lowest BCUT2D eigenvalue weighted by molar-refractivity contribution is 0.194. The maximum atomic E-state index is 4.51. The molecule has 1 saturated heterocycles. The van der Waals surface area contributed by atoms with Gasteiger partial charge in [0.25, 0.3) is 0 Å². The van der Waals surface area contributed by atoms with Crippen molar-refractivity contribution < 1.29 is 0 Å². The van der Waals surface area contributed by atoms with Crippen LogP contribution in [0, 0.1) is 6.92 Å². The zero-order chi connectivity index (χ0) is 12.3. The Morgan fingerprint density at radius 1 is 1.47 bits per heavy atom. The monoisotopic (exact) mass is 297 g/mol. The van der Waals surface area contributed by atoms with Crippen molar-refractivity contribution in [2.24, 2.45) is 0 Å². The highest BCUT2D eigenvalue weighted by atomic mass is 79.9. The van der Waals surface area contributed by atoms with E-state index in [1.807, 2.05) is 13.0 Å². The van der Waals surface area contributed by atoms with Crippen molar-refractivity contribution in [1.82, 2.24) is 9.88 Å². The van der Waals surface area contributed by atoms with Gasteiger partial charge >= 0.3 is 0 Å². The minimum Gasteiger partial charge on any atom is -0.368 e. The molecular formula is C13H20BrN3. The second-order valence-electron chi connectivity index (χ2n) is 4.77. The topological polar surface area (TPSA) is 28.2 Å². The van der Waals surface area contributed by atoms with E-state index in [0.717, 1.165) is 22.5 Å². The summed E-state index contributed by atoms with van der Waals surface area (Å²) in [6.45, 7) is 4.23. The molecule has 0 bridgehead atoms. The van der Waals surface area contributed by atoms with Gasteiger partial charge in [0.1, 0.15) is 5.82 Å². The molecule has 1 fully saturated rings. The molecule has 1 aromatic rings. The predicted octanol–water partition coefficient (Wildman–Crippen LogP) is 3.05. The lowest BCUT2D eigenvalue weighted by Gasteiger charge is -2.32. The predicted molar refractivity (Wildman–Crippen MR) is 75.4 cm³/mol. The van der Waals surface area contributed by atoms with Gasteiger partial charge in [-0.25, -0.2) is 4.98 Å². The van der Waals surface area contributed by atoms with Gasteiger partial charge in [0, 0.05) is 17.1 Å². The van der Waals surface area contributed by atoms with E-state index in [9.17, 15) is 0 Å². The molecule has 0 aliphatic carbocycles. The molecule has 0 spiro atoms. The van der Waals surface area contributed by atoms with Crippen LogP contribution in [0.2, 0.25) is 0 Å². The van der Waals surface area contributed by atoms with Gasteiger partial charge in [-0.15, -0.1) is 0 Å². The number of aryl methyl sites for hydroxylation is 1. The van der Waals surface area contributed by atoms with Crippen molar-refractivity contribution in [1.29, 1.82) is 0 Å². The lowest BCUT2D eigenvalue weighted by atomic mass is 10.0. The summed E-state index contributed by atoms with van der Waals surface area (Å²) in [5.74, 6) is 0.977. The summed E-state index contributed by atoms with van der Waals surface area (Å²) < 4.78 is 1.07. The van der Waals surface area contributed by atoms with Crippen LogP contribution in [0.5, 0.6) is 0 Å². The highest BCUT2D eigenvalue weighted by molar-refractivity contribution is 9.10. The first-order valence-corrected chi connectivity index (χ1v) is 7.03. The molecule has 3 nitrogen and oxygen atoms in total. The van der Waals surface area contributed by atoms with Crippen LogP contribution in [0.15, 0.2) is 16.6 Å².